The Morgan fingerprint density at radius 3 is 2.59 bits per heavy atom. The molecule has 0 spiro atoms. The van der Waals surface area contributed by atoms with Crippen LogP contribution in [-0.4, -0.2) is 54.5 Å². The van der Waals surface area contributed by atoms with Gasteiger partial charge in [0.2, 0.25) is 5.88 Å². The molecule has 2 aliphatic rings. The first kappa shape index (κ1) is 20.9. The van der Waals surface area contributed by atoms with Gasteiger partial charge in [0.15, 0.2) is 0 Å². The predicted molar refractivity (Wildman–Crippen MR) is 123 cm³/mol. The highest BCUT2D eigenvalue weighted by Gasteiger charge is 2.24. The fraction of sp³-hybridized carbons (Fsp3) is 0.480. The number of ether oxygens (including phenoxy) is 3. The molecule has 0 radical (unpaired) electrons. The molecule has 32 heavy (non-hydrogen) atoms. The summed E-state index contributed by atoms with van der Waals surface area (Å²) in [7, 11) is 1.66. The molecule has 168 valence electrons. The van der Waals surface area contributed by atoms with E-state index in [1.54, 1.807) is 19.5 Å². The van der Waals surface area contributed by atoms with Crippen LogP contribution < -0.4 is 14.4 Å². The third-order valence-electron chi connectivity index (χ3n) is 6.52. The van der Waals surface area contributed by atoms with Crippen molar-refractivity contribution in [3.05, 3.63) is 48.4 Å². The van der Waals surface area contributed by atoms with Crippen molar-refractivity contribution in [2.24, 2.45) is 5.92 Å². The van der Waals surface area contributed by atoms with Crippen molar-refractivity contribution in [2.75, 3.05) is 38.3 Å². The van der Waals surface area contributed by atoms with E-state index in [2.05, 4.69) is 38.1 Å². The zero-order chi connectivity index (χ0) is 21.8. The van der Waals surface area contributed by atoms with Crippen LogP contribution in [0.15, 0.2) is 42.9 Å². The van der Waals surface area contributed by atoms with Gasteiger partial charge in [-0.1, -0.05) is 0 Å². The first-order valence-corrected chi connectivity index (χ1v) is 11.5. The number of methoxy groups -OCH3 is 1. The van der Waals surface area contributed by atoms with E-state index >= 15 is 0 Å². The molecule has 0 unspecified atom stereocenters. The number of rotatable bonds is 6. The number of benzene rings is 1. The lowest BCUT2D eigenvalue weighted by Gasteiger charge is -2.31. The van der Waals surface area contributed by atoms with Crippen molar-refractivity contribution in [3.63, 3.8) is 0 Å². The van der Waals surface area contributed by atoms with E-state index in [0.717, 1.165) is 80.9 Å². The van der Waals surface area contributed by atoms with Crippen molar-refractivity contribution in [1.29, 1.82) is 0 Å². The zero-order valence-electron chi connectivity index (χ0n) is 18.6. The summed E-state index contributed by atoms with van der Waals surface area (Å²) >= 11 is 0. The molecule has 2 fully saturated rings. The lowest BCUT2D eigenvalue weighted by molar-refractivity contribution is 0.122. The largest absolute Gasteiger partial charge is 0.488 e. The molecular weight excluding hydrogens is 404 g/mol. The summed E-state index contributed by atoms with van der Waals surface area (Å²) in [6.45, 7) is 3.27. The van der Waals surface area contributed by atoms with Crippen molar-refractivity contribution in [2.45, 2.75) is 38.2 Å². The van der Waals surface area contributed by atoms with Gasteiger partial charge in [-0.3, -0.25) is 4.98 Å². The Kier molecular flexibility index (Phi) is 6.34. The SMILES string of the molecule is COc1cc(CC2CCC(Oc3cc(N4CCOCC4)cc4nccnc34)CC2)ccn1. The van der Waals surface area contributed by atoms with E-state index in [-0.39, 0.29) is 6.10 Å². The second-order valence-corrected chi connectivity index (χ2v) is 8.64. The van der Waals surface area contributed by atoms with Gasteiger partial charge >= 0.3 is 0 Å². The maximum absolute atomic E-state index is 6.54. The van der Waals surface area contributed by atoms with E-state index in [0.29, 0.717) is 11.8 Å². The number of pyridine rings is 1. The molecule has 0 bridgehead atoms. The van der Waals surface area contributed by atoms with Crippen LogP contribution in [0.25, 0.3) is 11.0 Å². The van der Waals surface area contributed by atoms with Crippen LogP contribution in [0.5, 0.6) is 11.6 Å². The maximum atomic E-state index is 6.54. The maximum Gasteiger partial charge on any atom is 0.213 e. The average molecular weight is 435 g/mol. The van der Waals surface area contributed by atoms with E-state index in [9.17, 15) is 0 Å². The Morgan fingerprint density at radius 1 is 0.969 bits per heavy atom. The molecule has 1 saturated heterocycles. The summed E-state index contributed by atoms with van der Waals surface area (Å²) in [5, 5.41) is 0. The van der Waals surface area contributed by atoms with Crippen molar-refractivity contribution in [1.82, 2.24) is 15.0 Å². The summed E-state index contributed by atoms with van der Waals surface area (Å²) in [6.07, 6.45) is 11.0. The van der Waals surface area contributed by atoms with Gasteiger partial charge in [0.05, 0.1) is 31.9 Å². The van der Waals surface area contributed by atoms with Gasteiger partial charge in [0.25, 0.3) is 0 Å². The molecule has 0 N–H and O–H groups in total. The van der Waals surface area contributed by atoms with Crippen molar-refractivity contribution in [3.8, 4) is 11.6 Å². The number of hydrogen-bond donors (Lipinski definition) is 0. The quantitative estimate of drug-likeness (QED) is 0.580. The third kappa shape index (κ3) is 4.78. The lowest BCUT2D eigenvalue weighted by atomic mass is 9.83. The monoisotopic (exact) mass is 434 g/mol. The number of nitrogens with zero attached hydrogens (tertiary/aromatic N) is 4. The van der Waals surface area contributed by atoms with Crippen LogP contribution in [-0.2, 0) is 11.2 Å². The molecule has 7 heteroatoms. The van der Waals surface area contributed by atoms with Gasteiger partial charge in [0.1, 0.15) is 11.3 Å². The molecular formula is C25H30N4O3. The summed E-state index contributed by atoms with van der Waals surface area (Å²) < 4.78 is 17.3. The van der Waals surface area contributed by atoms with Crippen LogP contribution in [0.2, 0.25) is 0 Å². The highest BCUT2D eigenvalue weighted by molar-refractivity contribution is 5.85. The van der Waals surface area contributed by atoms with Gasteiger partial charge < -0.3 is 19.1 Å². The van der Waals surface area contributed by atoms with Crippen molar-refractivity contribution >= 4 is 16.7 Å². The van der Waals surface area contributed by atoms with Crippen LogP contribution in [0, 0.1) is 5.92 Å². The minimum atomic E-state index is 0.211. The molecule has 5 rings (SSSR count). The third-order valence-corrected chi connectivity index (χ3v) is 6.52. The minimum Gasteiger partial charge on any atom is -0.488 e. The summed E-state index contributed by atoms with van der Waals surface area (Å²) in [6, 6.07) is 8.38. The van der Waals surface area contributed by atoms with Crippen LogP contribution in [0.1, 0.15) is 31.2 Å². The normalized spacial score (nSPS) is 21.5. The summed E-state index contributed by atoms with van der Waals surface area (Å²) in [5.74, 6) is 2.20. The Hall–Kier alpha value is -2.93. The average Bonchev–Trinajstić information content (AvgIpc) is 2.86. The molecule has 1 saturated carbocycles. The minimum absolute atomic E-state index is 0.211. The van der Waals surface area contributed by atoms with Gasteiger partial charge in [-0.2, -0.15) is 0 Å². The molecule has 2 aromatic heterocycles. The number of hydrogen-bond acceptors (Lipinski definition) is 7. The topological polar surface area (TPSA) is 69.6 Å². The van der Waals surface area contributed by atoms with Crippen LogP contribution in [0.3, 0.4) is 0 Å². The van der Waals surface area contributed by atoms with Gasteiger partial charge in [-0.05, 0) is 55.7 Å². The fourth-order valence-corrected chi connectivity index (χ4v) is 4.78. The number of anilines is 1. The summed E-state index contributed by atoms with van der Waals surface area (Å²) in [4.78, 5) is 15.7. The lowest BCUT2D eigenvalue weighted by Crippen LogP contribution is -2.36. The molecule has 3 aromatic rings. The number of fused-ring (bicyclic) bond motifs is 1. The molecule has 0 atom stereocenters. The van der Waals surface area contributed by atoms with Crippen LogP contribution in [0.4, 0.5) is 5.69 Å². The fourth-order valence-electron chi connectivity index (χ4n) is 4.78. The highest BCUT2D eigenvalue weighted by Crippen LogP contribution is 2.34. The van der Waals surface area contributed by atoms with E-state index in [1.807, 2.05) is 12.3 Å². The van der Waals surface area contributed by atoms with Crippen molar-refractivity contribution < 1.29 is 14.2 Å². The smallest absolute Gasteiger partial charge is 0.213 e. The second-order valence-electron chi connectivity index (χ2n) is 8.64. The summed E-state index contributed by atoms with van der Waals surface area (Å²) in [5.41, 5.74) is 4.15. The molecule has 1 aliphatic heterocycles. The van der Waals surface area contributed by atoms with E-state index < -0.39 is 0 Å². The van der Waals surface area contributed by atoms with Gasteiger partial charge in [0, 0.05) is 49.5 Å². The molecule has 7 nitrogen and oxygen atoms in total. The Balaban J connectivity index is 1.26. The first-order chi connectivity index (χ1) is 15.8. The number of aromatic nitrogens is 3. The van der Waals surface area contributed by atoms with Gasteiger partial charge in [-0.25, -0.2) is 9.97 Å². The Bertz CT molecular complexity index is 1050. The first-order valence-electron chi connectivity index (χ1n) is 11.5. The van der Waals surface area contributed by atoms with Gasteiger partial charge in [-0.15, -0.1) is 0 Å². The molecule has 3 heterocycles. The molecule has 0 amide bonds. The highest BCUT2D eigenvalue weighted by atomic mass is 16.5. The van der Waals surface area contributed by atoms with E-state index in [4.69, 9.17) is 14.2 Å². The van der Waals surface area contributed by atoms with E-state index in [1.165, 1.54) is 5.56 Å². The second kappa shape index (κ2) is 9.69. The standard InChI is InChI=1S/C25H30N4O3/c1-30-24-15-19(6-7-27-24)14-18-2-4-21(5-3-18)32-23-17-20(29-10-12-31-13-11-29)16-22-25(23)28-9-8-26-22/h6-9,15-18,21H,2-5,10-14H2,1H3. The Labute approximate surface area is 188 Å². The zero-order valence-corrected chi connectivity index (χ0v) is 18.6. The Morgan fingerprint density at radius 2 is 1.78 bits per heavy atom. The molecule has 1 aliphatic carbocycles. The number of morpholine rings is 1. The predicted octanol–water partition coefficient (Wildman–Crippen LogP) is 4.05. The molecule has 1 aromatic carbocycles. The van der Waals surface area contributed by atoms with Crippen LogP contribution >= 0.6 is 0 Å².